The molecule has 0 aliphatic heterocycles. The minimum Gasteiger partial charge on any atom is -0.385 e. The SMILES string of the molecule is C=C(NCCCC)c1ccc(C)c(NC(CCC)=NC)c1. The summed E-state index contributed by atoms with van der Waals surface area (Å²) in [6.45, 7) is 11.6. The molecule has 1 rings (SSSR count). The molecule has 0 aliphatic rings. The second kappa shape index (κ2) is 9.22. The molecule has 21 heavy (non-hydrogen) atoms. The zero-order valence-corrected chi connectivity index (χ0v) is 13.9. The molecule has 0 unspecified atom stereocenters. The summed E-state index contributed by atoms with van der Waals surface area (Å²) < 4.78 is 0. The van der Waals surface area contributed by atoms with Crippen LogP contribution in [0.4, 0.5) is 5.69 Å². The molecule has 116 valence electrons. The maximum absolute atomic E-state index is 4.32. The lowest BCUT2D eigenvalue weighted by Gasteiger charge is -2.15. The molecule has 0 saturated carbocycles. The van der Waals surface area contributed by atoms with E-state index in [1.54, 1.807) is 0 Å². The van der Waals surface area contributed by atoms with E-state index in [2.05, 4.69) is 61.2 Å². The topological polar surface area (TPSA) is 36.4 Å². The fourth-order valence-electron chi connectivity index (χ4n) is 2.08. The van der Waals surface area contributed by atoms with Crippen molar-refractivity contribution < 1.29 is 0 Å². The Morgan fingerprint density at radius 3 is 2.62 bits per heavy atom. The predicted molar refractivity (Wildman–Crippen MR) is 95.0 cm³/mol. The first-order valence-electron chi connectivity index (χ1n) is 7.88. The van der Waals surface area contributed by atoms with Crippen LogP contribution in [-0.4, -0.2) is 19.4 Å². The molecular weight excluding hydrogens is 258 g/mol. The highest BCUT2D eigenvalue weighted by atomic mass is 15.0. The summed E-state index contributed by atoms with van der Waals surface area (Å²) in [5.41, 5.74) is 4.44. The second-order valence-electron chi connectivity index (χ2n) is 5.33. The van der Waals surface area contributed by atoms with Crippen LogP contribution in [0.15, 0.2) is 29.8 Å². The fourth-order valence-corrected chi connectivity index (χ4v) is 2.08. The van der Waals surface area contributed by atoms with Crippen molar-refractivity contribution in [2.75, 3.05) is 18.9 Å². The number of aliphatic imine (C=N–C) groups is 1. The molecular formula is C18H29N3. The van der Waals surface area contributed by atoms with Crippen LogP contribution < -0.4 is 10.6 Å². The Balaban J connectivity index is 2.81. The van der Waals surface area contributed by atoms with Gasteiger partial charge in [-0.05, 0) is 37.0 Å². The van der Waals surface area contributed by atoms with Gasteiger partial charge in [0.1, 0.15) is 5.84 Å². The van der Waals surface area contributed by atoms with Crippen LogP contribution in [0.1, 0.15) is 50.7 Å². The van der Waals surface area contributed by atoms with Gasteiger partial charge in [0.15, 0.2) is 0 Å². The first-order chi connectivity index (χ1) is 10.1. The predicted octanol–water partition coefficient (Wildman–Crippen LogP) is 4.60. The molecule has 3 nitrogen and oxygen atoms in total. The van der Waals surface area contributed by atoms with E-state index in [0.29, 0.717) is 0 Å². The van der Waals surface area contributed by atoms with Crippen molar-refractivity contribution in [1.29, 1.82) is 0 Å². The van der Waals surface area contributed by atoms with Crippen LogP contribution in [-0.2, 0) is 0 Å². The third-order valence-electron chi connectivity index (χ3n) is 3.49. The molecule has 0 bridgehead atoms. The molecule has 0 radical (unpaired) electrons. The van der Waals surface area contributed by atoms with Crippen molar-refractivity contribution in [3.8, 4) is 0 Å². The number of anilines is 1. The molecule has 1 aromatic rings. The zero-order valence-electron chi connectivity index (χ0n) is 13.9. The van der Waals surface area contributed by atoms with Crippen molar-refractivity contribution in [2.24, 2.45) is 4.99 Å². The average molecular weight is 287 g/mol. The van der Waals surface area contributed by atoms with Crippen molar-refractivity contribution in [1.82, 2.24) is 5.32 Å². The van der Waals surface area contributed by atoms with Gasteiger partial charge in [-0.25, -0.2) is 0 Å². The lowest BCUT2D eigenvalue weighted by atomic mass is 10.1. The van der Waals surface area contributed by atoms with E-state index in [1.165, 1.54) is 18.4 Å². The molecule has 0 aliphatic carbocycles. The standard InChI is InChI=1S/C18H29N3/c1-6-8-12-20-15(4)16-11-10-14(3)17(13-16)21-18(19-5)9-7-2/h10-11,13,20H,4,6-9,12H2,1-3,5H3,(H,19,21). The summed E-state index contributed by atoms with van der Waals surface area (Å²) >= 11 is 0. The van der Waals surface area contributed by atoms with Gasteiger partial charge in [-0.3, -0.25) is 4.99 Å². The number of amidine groups is 1. The molecule has 0 heterocycles. The van der Waals surface area contributed by atoms with Crippen LogP contribution in [0, 0.1) is 6.92 Å². The smallest absolute Gasteiger partial charge is 0.100 e. The van der Waals surface area contributed by atoms with Crippen molar-refractivity contribution in [3.05, 3.63) is 35.9 Å². The summed E-state index contributed by atoms with van der Waals surface area (Å²) in [7, 11) is 1.84. The number of rotatable bonds is 8. The molecule has 0 aromatic heterocycles. The molecule has 3 heteroatoms. The number of nitrogens with zero attached hydrogens (tertiary/aromatic N) is 1. The van der Waals surface area contributed by atoms with Crippen LogP contribution in [0.25, 0.3) is 5.70 Å². The summed E-state index contributed by atoms with van der Waals surface area (Å²) in [6.07, 6.45) is 4.41. The third-order valence-corrected chi connectivity index (χ3v) is 3.49. The molecule has 0 amide bonds. The summed E-state index contributed by atoms with van der Waals surface area (Å²) in [5.74, 6) is 1.03. The number of unbranched alkanes of at least 4 members (excludes halogenated alkanes) is 1. The van der Waals surface area contributed by atoms with Crippen LogP contribution in [0.5, 0.6) is 0 Å². The van der Waals surface area contributed by atoms with Crippen LogP contribution in [0.3, 0.4) is 0 Å². The quantitative estimate of drug-likeness (QED) is 0.416. The highest BCUT2D eigenvalue weighted by Crippen LogP contribution is 2.21. The normalized spacial score (nSPS) is 11.3. The van der Waals surface area contributed by atoms with Crippen LogP contribution in [0.2, 0.25) is 0 Å². The van der Waals surface area contributed by atoms with E-state index in [0.717, 1.165) is 42.2 Å². The van der Waals surface area contributed by atoms with Crippen molar-refractivity contribution in [3.63, 3.8) is 0 Å². The van der Waals surface area contributed by atoms with Gasteiger partial charge in [-0.1, -0.05) is 39.0 Å². The molecule has 2 N–H and O–H groups in total. The lowest BCUT2D eigenvalue weighted by Crippen LogP contribution is -2.15. The largest absolute Gasteiger partial charge is 0.385 e. The average Bonchev–Trinajstić information content (AvgIpc) is 2.48. The Labute approximate surface area is 129 Å². The van der Waals surface area contributed by atoms with Gasteiger partial charge in [0.25, 0.3) is 0 Å². The number of hydrogen-bond acceptors (Lipinski definition) is 2. The zero-order chi connectivity index (χ0) is 15.7. The minimum absolute atomic E-state index is 0.968. The van der Waals surface area contributed by atoms with Gasteiger partial charge in [-0.15, -0.1) is 0 Å². The number of nitrogens with one attached hydrogen (secondary N) is 2. The van der Waals surface area contributed by atoms with E-state index < -0.39 is 0 Å². The lowest BCUT2D eigenvalue weighted by molar-refractivity contribution is 0.745. The van der Waals surface area contributed by atoms with E-state index in [9.17, 15) is 0 Å². The Hall–Kier alpha value is -1.77. The summed E-state index contributed by atoms with van der Waals surface area (Å²) in [4.78, 5) is 4.32. The van der Waals surface area contributed by atoms with E-state index in [-0.39, 0.29) is 0 Å². The maximum atomic E-state index is 4.32. The van der Waals surface area contributed by atoms with Gasteiger partial charge in [-0.2, -0.15) is 0 Å². The maximum Gasteiger partial charge on any atom is 0.100 e. The minimum atomic E-state index is 0.968. The Morgan fingerprint density at radius 1 is 1.24 bits per heavy atom. The highest BCUT2D eigenvalue weighted by Gasteiger charge is 2.05. The Kier molecular flexibility index (Phi) is 7.59. The molecule has 1 aromatic carbocycles. The van der Waals surface area contributed by atoms with E-state index >= 15 is 0 Å². The van der Waals surface area contributed by atoms with E-state index in [1.807, 2.05) is 7.05 Å². The van der Waals surface area contributed by atoms with Crippen molar-refractivity contribution in [2.45, 2.75) is 46.5 Å². The monoisotopic (exact) mass is 287 g/mol. The first kappa shape index (κ1) is 17.3. The Morgan fingerprint density at radius 2 is 2.00 bits per heavy atom. The molecule has 0 spiro atoms. The number of benzene rings is 1. The van der Waals surface area contributed by atoms with Gasteiger partial charge in [0, 0.05) is 31.4 Å². The number of hydrogen-bond donors (Lipinski definition) is 2. The van der Waals surface area contributed by atoms with Crippen molar-refractivity contribution >= 4 is 17.2 Å². The summed E-state index contributed by atoms with van der Waals surface area (Å²) in [6, 6.07) is 6.39. The van der Waals surface area contributed by atoms with E-state index in [4.69, 9.17) is 0 Å². The number of aryl methyl sites for hydroxylation is 1. The highest BCUT2D eigenvalue weighted by molar-refractivity contribution is 5.96. The van der Waals surface area contributed by atoms with Crippen LogP contribution >= 0.6 is 0 Å². The van der Waals surface area contributed by atoms with Gasteiger partial charge in [0.2, 0.25) is 0 Å². The third kappa shape index (κ3) is 5.62. The fraction of sp³-hybridized carbons (Fsp3) is 0.500. The van der Waals surface area contributed by atoms with Gasteiger partial charge < -0.3 is 10.6 Å². The Bertz CT molecular complexity index is 489. The first-order valence-corrected chi connectivity index (χ1v) is 7.88. The summed E-state index contributed by atoms with van der Waals surface area (Å²) in [5, 5.41) is 6.83. The molecule has 0 saturated heterocycles. The van der Waals surface area contributed by atoms with Gasteiger partial charge in [0.05, 0.1) is 0 Å². The molecule has 0 fully saturated rings. The second-order valence-corrected chi connectivity index (χ2v) is 5.33. The molecule has 0 atom stereocenters. The van der Waals surface area contributed by atoms with Gasteiger partial charge >= 0.3 is 0 Å².